The van der Waals surface area contributed by atoms with Gasteiger partial charge in [-0.25, -0.2) is 4.39 Å². The van der Waals surface area contributed by atoms with Gasteiger partial charge in [0.1, 0.15) is 17.5 Å². The minimum Gasteiger partial charge on any atom is -0.288 e. The number of rotatable bonds is 3. The number of allylic oxidation sites excluding steroid dienone is 1. The van der Waals surface area contributed by atoms with Gasteiger partial charge < -0.3 is 0 Å². The number of ketones is 1. The molecular weight excluding hydrogens is 253 g/mol. The van der Waals surface area contributed by atoms with Gasteiger partial charge in [-0.05, 0) is 36.3 Å². The number of carbonyl (C=O) groups is 1. The van der Waals surface area contributed by atoms with Crippen LogP contribution in [-0.4, -0.2) is 5.78 Å². The van der Waals surface area contributed by atoms with Crippen molar-refractivity contribution in [2.75, 3.05) is 0 Å². The first-order valence-electron chi connectivity index (χ1n) is 6.09. The maximum Gasteiger partial charge on any atom is 0.203 e. The number of aryl methyl sites for hydroxylation is 1. The Bertz CT molecular complexity index is 712. The van der Waals surface area contributed by atoms with Gasteiger partial charge >= 0.3 is 0 Å². The van der Waals surface area contributed by atoms with Crippen molar-refractivity contribution in [1.82, 2.24) is 0 Å². The van der Waals surface area contributed by atoms with Crippen molar-refractivity contribution in [3.8, 4) is 6.07 Å². The van der Waals surface area contributed by atoms with E-state index >= 15 is 0 Å². The summed E-state index contributed by atoms with van der Waals surface area (Å²) < 4.78 is 13.2. The molecule has 0 aliphatic rings. The third-order valence-corrected chi connectivity index (χ3v) is 2.89. The molecule has 0 fully saturated rings. The number of halogens is 1. The van der Waals surface area contributed by atoms with Crippen molar-refractivity contribution >= 4 is 11.9 Å². The molecule has 2 aromatic carbocycles. The Labute approximate surface area is 116 Å². The highest BCUT2D eigenvalue weighted by Gasteiger charge is 2.11. The van der Waals surface area contributed by atoms with Gasteiger partial charge in [0.15, 0.2) is 0 Å². The van der Waals surface area contributed by atoms with Crippen LogP contribution in [0.25, 0.3) is 6.08 Å². The largest absolute Gasteiger partial charge is 0.288 e. The van der Waals surface area contributed by atoms with Crippen LogP contribution in [0, 0.1) is 24.1 Å². The van der Waals surface area contributed by atoms with Crippen LogP contribution < -0.4 is 0 Å². The van der Waals surface area contributed by atoms with Gasteiger partial charge in [-0.2, -0.15) is 5.26 Å². The smallest absolute Gasteiger partial charge is 0.203 e. The van der Waals surface area contributed by atoms with E-state index in [1.807, 2.05) is 6.07 Å². The summed E-state index contributed by atoms with van der Waals surface area (Å²) in [5, 5.41) is 9.13. The molecule has 0 amide bonds. The Morgan fingerprint density at radius 3 is 2.50 bits per heavy atom. The summed E-state index contributed by atoms with van der Waals surface area (Å²) in [5.41, 5.74) is 1.59. The van der Waals surface area contributed by atoms with Crippen molar-refractivity contribution in [1.29, 1.82) is 5.26 Å². The van der Waals surface area contributed by atoms with Crippen LogP contribution in [-0.2, 0) is 0 Å². The normalized spacial score (nSPS) is 10.9. The molecule has 98 valence electrons. The minimum atomic E-state index is -0.338. The van der Waals surface area contributed by atoms with E-state index in [1.165, 1.54) is 18.2 Å². The zero-order chi connectivity index (χ0) is 14.5. The number of hydrogen-bond donors (Lipinski definition) is 0. The molecule has 3 heteroatoms. The SMILES string of the molecule is Cc1cc(C=C(C#N)C(=O)c2ccccc2)ccc1F. The lowest BCUT2D eigenvalue weighted by Gasteiger charge is -2.01. The molecule has 0 aromatic heterocycles. The highest BCUT2D eigenvalue weighted by Crippen LogP contribution is 2.15. The summed E-state index contributed by atoms with van der Waals surface area (Å²) in [5.74, 6) is -0.648. The van der Waals surface area contributed by atoms with Gasteiger partial charge in [0.2, 0.25) is 5.78 Å². The van der Waals surface area contributed by atoms with Crippen LogP contribution in [0.15, 0.2) is 54.1 Å². The zero-order valence-corrected chi connectivity index (χ0v) is 10.9. The number of carbonyl (C=O) groups excluding carboxylic acids is 1. The van der Waals surface area contributed by atoms with E-state index in [4.69, 9.17) is 5.26 Å². The van der Waals surface area contributed by atoms with E-state index in [1.54, 1.807) is 43.3 Å². The number of benzene rings is 2. The molecule has 20 heavy (non-hydrogen) atoms. The molecule has 2 rings (SSSR count). The van der Waals surface area contributed by atoms with Crippen molar-refractivity contribution in [2.24, 2.45) is 0 Å². The fourth-order valence-electron chi connectivity index (χ4n) is 1.82. The molecule has 0 spiro atoms. The number of nitriles is 1. The highest BCUT2D eigenvalue weighted by molar-refractivity contribution is 6.14. The van der Waals surface area contributed by atoms with Gasteiger partial charge in [0.05, 0.1) is 0 Å². The quantitative estimate of drug-likeness (QED) is 0.479. The van der Waals surface area contributed by atoms with E-state index in [-0.39, 0.29) is 17.2 Å². The molecule has 0 heterocycles. The van der Waals surface area contributed by atoms with E-state index in [0.29, 0.717) is 16.7 Å². The predicted molar refractivity (Wildman–Crippen MR) is 75.5 cm³/mol. The minimum absolute atomic E-state index is 0.0298. The second kappa shape index (κ2) is 5.94. The van der Waals surface area contributed by atoms with Gasteiger partial charge in [-0.3, -0.25) is 4.79 Å². The molecule has 0 aliphatic heterocycles. The van der Waals surface area contributed by atoms with E-state index in [2.05, 4.69) is 0 Å². The Morgan fingerprint density at radius 1 is 1.20 bits per heavy atom. The van der Waals surface area contributed by atoms with Crippen molar-refractivity contribution in [3.63, 3.8) is 0 Å². The summed E-state index contributed by atoms with van der Waals surface area (Å²) >= 11 is 0. The maximum absolute atomic E-state index is 13.2. The topological polar surface area (TPSA) is 40.9 Å². The zero-order valence-electron chi connectivity index (χ0n) is 10.9. The van der Waals surface area contributed by atoms with Gasteiger partial charge in [-0.15, -0.1) is 0 Å². The molecule has 0 aliphatic carbocycles. The Morgan fingerprint density at radius 2 is 1.90 bits per heavy atom. The molecule has 0 N–H and O–H groups in total. The maximum atomic E-state index is 13.2. The highest BCUT2D eigenvalue weighted by atomic mass is 19.1. The van der Waals surface area contributed by atoms with Gasteiger partial charge in [-0.1, -0.05) is 36.4 Å². The van der Waals surface area contributed by atoms with Crippen molar-refractivity contribution in [2.45, 2.75) is 6.92 Å². The number of Topliss-reactive ketones (excluding diaryl/α,β-unsaturated/α-hetero) is 1. The molecule has 0 radical (unpaired) electrons. The molecular formula is C17H12FNO. The molecule has 0 unspecified atom stereocenters. The fourth-order valence-corrected chi connectivity index (χ4v) is 1.82. The summed E-state index contributed by atoms with van der Waals surface area (Å²) in [6.07, 6.45) is 1.47. The number of hydrogen-bond acceptors (Lipinski definition) is 2. The van der Waals surface area contributed by atoms with Crippen LogP contribution in [0.3, 0.4) is 0 Å². The fraction of sp³-hybridized carbons (Fsp3) is 0.0588. The lowest BCUT2D eigenvalue weighted by molar-refractivity contribution is 0.104. The Hall–Kier alpha value is -2.73. The second-order valence-electron chi connectivity index (χ2n) is 4.37. The summed E-state index contributed by atoms with van der Waals surface area (Å²) in [6.45, 7) is 1.64. The summed E-state index contributed by atoms with van der Waals surface area (Å²) in [4.78, 5) is 12.2. The number of nitrogens with zero attached hydrogens (tertiary/aromatic N) is 1. The van der Waals surface area contributed by atoms with Crippen LogP contribution >= 0.6 is 0 Å². The first kappa shape index (κ1) is 13.7. The van der Waals surface area contributed by atoms with E-state index in [9.17, 15) is 9.18 Å². The monoisotopic (exact) mass is 265 g/mol. The molecule has 0 saturated heterocycles. The Kier molecular flexibility index (Phi) is 4.07. The average Bonchev–Trinajstić information content (AvgIpc) is 2.48. The molecule has 0 saturated carbocycles. The summed E-state index contributed by atoms with van der Waals surface area (Å²) in [7, 11) is 0. The average molecular weight is 265 g/mol. The molecule has 0 atom stereocenters. The standard InChI is InChI=1S/C17H12FNO/c1-12-9-13(7-8-16(12)18)10-15(11-19)17(20)14-5-3-2-4-6-14/h2-10H,1H3. The van der Waals surface area contributed by atoms with Crippen molar-refractivity contribution < 1.29 is 9.18 Å². The van der Waals surface area contributed by atoms with Crippen LogP contribution in [0.2, 0.25) is 0 Å². The lowest BCUT2D eigenvalue weighted by Crippen LogP contribution is -2.01. The van der Waals surface area contributed by atoms with E-state index in [0.717, 1.165) is 0 Å². The summed E-state index contributed by atoms with van der Waals surface area (Å²) in [6, 6.07) is 15.0. The van der Waals surface area contributed by atoms with Crippen LogP contribution in [0.1, 0.15) is 21.5 Å². The molecule has 2 aromatic rings. The Balaban J connectivity index is 2.37. The van der Waals surface area contributed by atoms with Gasteiger partial charge in [0, 0.05) is 5.56 Å². The predicted octanol–water partition coefficient (Wildman–Crippen LogP) is 3.92. The lowest BCUT2D eigenvalue weighted by atomic mass is 10.0. The first-order chi connectivity index (χ1) is 9.61. The second-order valence-corrected chi connectivity index (χ2v) is 4.37. The third-order valence-electron chi connectivity index (χ3n) is 2.89. The van der Waals surface area contributed by atoms with Crippen molar-refractivity contribution in [3.05, 3.63) is 76.6 Å². The van der Waals surface area contributed by atoms with E-state index < -0.39 is 0 Å². The molecule has 0 bridgehead atoms. The van der Waals surface area contributed by atoms with Gasteiger partial charge in [0.25, 0.3) is 0 Å². The van der Waals surface area contributed by atoms with Crippen LogP contribution in [0.5, 0.6) is 0 Å². The molecule has 2 nitrogen and oxygen atoms in total. The van der Waals surface area contributed by atoms with Crippen LogP contribution in [0.4, 0.5) is 4.39 Å². The first-order valence-corrected chi connectivity index (χ1v) is 6.09. The third kappa shape index (κ3) is 2.99.